The Labute approximate surface area is 152 Å². The number of esters is 1. The first-order valence-corrected chi connectivity index (χ1v) is 10.3. The van der Waals surface area contributed by atoms with Crippen molar-refractivity contribution in [3.8, 4) is 0 Å². The van der Waals surface area contributed by atoms with Crippen LogP contribution >= 0.6 is 0 Å². The van der Waals surface area contributed by atoms with Crippen molar-refractivity contribution in [1.29, 1.82) is 0 Å². The van der Waals surface area contributed by atoms with Gasteiger partial charge in [0, 0.05) is 12.8 Å². The van der Waals surface area contributed by atoms with E-state index < -0.39 is 21.8 Å². The Kier molecular flexibility index (Phi) is 5.51. The molecule has 0 radical (unpaired) electrons. The molecule has 2 aliphatic rings. The van der Waals surface area contributed by atoms with Crippen molar-refractivity contribution in [2.45, 2.75) is 25.3 Å². The summed E-state index contributed by atoms with van der Waals surface area (Å²) in [4.78, 5) is 24.2. The maximum absolute atomic E-state index is 12.2. The predicted octanol–water partition coefficient (Wildman–Crippen LogP) is 1.41. The number of hydrogen-bond donors (Lipinski definition) is 0. The summed E-state index contributed by atoms with van der Waals surface area (Å²) in [6.45, 7) is 0.0957. The molecule has 0 bridgehead atoms. The molecule has 8 heteroatoms. The Morgan fingerprint density at radius 1 is 1.27 bits per heavy atom. The van der Waals surface area contributed by atoms with Crippen LogP contribution in [0, 0.1) is 0 Å². The number of sulfone groups is 1. The van der Waals surface area contributed by atoms with E-state index in [-0.39, 0.29) is 42.6 Å². The van der Waals surface area contributed by atoms with Crippen LogP contribution in [0.3, 0.4) is 0 Å². The molecule has 1 aromatic carbocycles. The van der Waals surface area contributed by atoms with Crippen LogP contribution in [0.1, 0.15) is 24.8 Å². The first-order chi connectivity index (χ1) is 12.4. The van der Waals surface area contributed by atoms with E-state index in [0.29, 0.717) is 6.42 Å². The summed E-state index contributed by atoms with van der Waals surface area (Å²) < 4.78 is 28.4. The zero-order chi connectivity index (χ0) is 18.6. The Balaban J connectivity index is 1.59. The molecule has 26 heavy (non-hydrogen) atoms. The van der Waals surface area contributed by atoms with Gasteiger partial charge in [-0.2, -0.15) is 5.10 Å². The van der Waals surface area contributed by atoms with Crippen LogP contribution in [0.2, 0.25) is 0 Å². The molecule has 1 atom stereocenters. The molecule has 0 N–H and O–H groups in total. The van der Waals surface area contributed by atoms with Gasteiger partial charge in [0.05, 0.1) is 17.5 Å². The minimum absolute atomic E-state index is 0.0427. The lowest BCUT2D eigenvalue weighted by Gasteiger charge is -2.27. The second kappa shape index (κ2) is 7.82. The quantitative estimate of drug-likeness (QED) is 0.725. The van der Waals surface area contributed by atoms with Gasteiger partial charge >= 0.3 is 5.97 Å². The number of nitrogens with zero attached hydrogens (tertiary/aromatic N) is 2. The SMILES string of the molecule is O=C(OC/C=C/c1ccccc1)C1=NN(C2CCS(=O)(=O)C2)C(=O)CC1. The topological polar surface area (TPSA) is 93.1 Å². The van der Waals surface area contributed by atoms with Crippen molar-refractivity contribution in [3.63, 3.8) is 0 Å². The summed E-state index contributed by atoms with van der Waals surface area (Å²) in [5.74, 6) is -0.903. The lowest BCUT2D eigenvalue weighted by molar-refractivity contribution is -0.136. The highest BCUT2D eigenvalue weighted by molar-refractivity contribution is 7.91. The van der Waals surface area contributed by atoms with E-state index in [1.54, 1.807) is 6.08 Å². The minimum atomic E-state index is -3.14. The Hall–Kier alpha value is -2.48. The maximum Gasteiger partial charge on any atom is 0.354 e. The fourth-order valence-electron chi connectivity index (χ4n) is 2.93. The number of carbonyl (C=O) groups is 2. The van der Waals surface area contributed by atoms with E-state index in [4.69, 9.17) is 4.74 Å². The van der Waals surface area contributed by atoms with Gasteiger partial charge < -0.3 is 4.74 Å². The lowest BCUT2D eigenvalue weighted by Crippen LogP contribution is -2.42. The molecular weight excluding hydrogens is 356 g/mol. The van der Waals surface area contributed by atoms with Gasteiger partial charge in [-0.25, -0.2) is 18.2 Å². The maximum atomic E-state index is 12.2. The van der Waals surface area contributed by atoms with Crippen molar-refractivity contribution >= 4 is 33.5 Å². The number of ether oxygens (including phenoxy) is 1. The Bertz CT molecular complexity index is 846. The van der Waals surface area contributed by atoms with E-state index in [0.717, 1.165) is 10.6 Å². The smallest absolute Gasteiger partial charge is 0.354 e. The van der Waals surface area contributed by atoms with Crippen LogP contribution in [-0.2, 0) is 24.2 Å². The molecular formula is C18H20N2O5S. The highest BCUT2D eigenvalue weighted by Gasteiger charge is 2.37. The van der Waals surface area contributed by atoms with Crippen LogP contribution in [0.5, 0.6) is 0 Å². The standard InChI is InChI=1S/C18H20N2O5S/c21-17-9-8-16(19-20(17)15-10-12-26(23,24)13-15)18(22)25-11-4-7-14-5-2-1-3-6-14/h1-7,15H,8-13H2/b7-4+. The number of amides is 1. The van der Waals surface area contributed by atoms with Gasteiger partial charge in [-0.05, 0) is 18.1 Å². The van der Waals surface area contributed by atoms with Crippen LogP contribution in [0.15, 0.2) is 41.5 Å². The molecule has 7 nitrogen and oxygen atoms in total. The van der Waals surface area contributed by atoms with E-state index >= 15 is 0 Å². The van der Waals surface area contributed by atoms with Crippen molar-refractivity contribution in [1.82, 2.24) is 5.01 Å². The summed E-state index contributed by atoms with van der Waals surface area (Å²) in [5.41, 5.74) is 1.15. The van der Waals surface area contributed by atoms with Gasteiger partial charge in [-0.1, -0.05) is 36.4 Å². The van der Waals surface area contributed by atoms with Gasteiger partial charge in [0.15, 0.2) is 9.84 Å². The predicted molar refractivity (Wildman–Crippen MR) is 97.0 cm³/mol. The zero-order valence-electron chi connectivity index (χ0n) is 14.2. The van der Waals surface area contributed by atoms with Gasteiger partial charge in [0.2, 0.25) is 5.91 Å². The van der Waals surface area contributed by atoms with E-state index in [9.17, 15) is 18.0 Å². The third kappa shape index (κ3) is 4.57. The van der Waals surface area contributed by atoms with Crippen molar-refractivity contribution in [2.75, 3.05) is 18.1 Å². The minimum Gasteiger partial charge on any atom is -0.457 e. The average Bonchev–Trinajstić information content (AvgIpc) is 2.99. The molecule has 1 fully saturated rings. The highest BCUT2D eigenvalue weighted by atomic mass is 32.2. The molecule has 0 saturated carbocycles. The van der Waals surface area contributed by atoms with Crippen LogP contribution in [0.25, 0.3) is 6.08 Å². The largest absolute Gasteiger partial charge is 0.457 e. The van der Waals surface area contributed by atoms with Gasteiger partial charge in [0.1, 0.15) is 12.3 Å². The number of carbonyl (C=O) groups excluding carboxylic acids is 2. The summed E-state index contributed by atoms with van der Waals surface area (Å²) >= 11 is 0. The number of hydrazone groups is 1. The van der Waals surface area contributed by atoms with E-state index in [2.05, 4.69) is 5.10 Å². The Morgan fingerprint density at radius 3 is 2.73 bits per heavy atom. The van der Waals surface area contributed by atoms with Gasteiger partial charge in [-0.3, -0.25) is 4.79 Å². The fraction of sp³-hybridized carbons (Fsp3) is 0.389. The first-order valence-electron chi connectivity index (χ1n) is 8.43. The highest BCUT2D eigenvalue weighted by Crippen LogP contribution is 2.22. The molecule has 1 aromatic rings. The number of rotatable bonds is 5. The van der Waals surface area contributed by atoms with Gasteiger partial charge in [0.25, 0.3) is 0 Å². The van der Waals surface area contributed by atoms with Crippen LogP contribution < -0.4 is 0 Å². The molecule has 2 heterocycles. The molecule has 138 valence electrons. The second-order valence-electron chi connectivity index (χ2n) is 6.25. The summed E-state index contributed by atoms with van der Waals surface area (Å²) in [6, 6.07) is 9.12. The molecule has 2 aliphatic heterocycles. The molecule has 1 unspecified atom stereocenters. The lowest BCUT2D eigenvalue weighted by atomic mass is 10.1. The van der Waals surface area contributed by atoms with E-state index in [1.165, 1.54) is 0 Å². The van der Waals surface area contributed by atoms with Crippen molar-refractivity contribution in [2.24, 2.45) is 5.10 Å². The molecule has 3 rings (SSSR count). The number of benzene rings is 1. The van der Waals surface area contributed by atoms with Crippen LogP contribution in [0.4, 0.5) is 0 Å². The number of hydrogen-bond acceptors (Lipinski definition) is 6. The summed E-state index contributed by atoms with van der Waals surface area (Å²) in [6.07, 6.45) is 4.25. The normalized spacial score (nSPS) is 22.5. The molecule has 1 amide bonds. The van der Waals surface area contributed by atoms with Crippen molar-refractivity contribution in [3.05, 3.63) is 42.0 Å². The fourth-order valence-corrected chi connectivity index (χ4v) is 4.62. The Morgan fingerprint density at radius 2 is 2.04 bits per heavy atom. The summed E-state index contributed by atoms with van der Waals surface area (Å²) in [5, 5.41) is 5.24. The molecule has 0 spiro atoms. The van der Waals surface area contributed by atoms with Crippen molar-refractivity contribution < 1.29 is 22.7 Å². The van der Waals surface area contributed by atoms with Crippen LogP contribution in [-0.4, -0.2) is 55.2 Å². The molecule has 1 saturated heterocycles. The first kappa shape index (κ1) is 18.3. The third-order valence-corrected chi connectivity index (χ3v) is 6.02. The third-order valence-electron chi connectivity index (χ3n) is 4.27. The zero-order valence-corrected chi connectivity index (χ0v) is 15.0. The molecule has 0 aromatic heterocycles. The summed E-state index contributed by atoms with van der Waals surface area (Å²) in [7, 11) is -3.14. The monoisotopic (exact) mass is 376 g/mol. The second-order valence-corrected chi connectivity index (χ2v) is 8.48. The average molecular weight is 376 g/mol. The van der Waals surface area contributed by atoms with E-state index in [1.807, 2.05) is 36.4 Å². The molecule has 0 aliphatic carbocycles. The van der Waals surface area contributed by atoms with Gasteiger partial charge in [-0.15, -0.1) is 0 Å².